The predicted octanol–water partition coefficient (Wildman–Crippen LogP) is 1.45. The molecule has 5 N–H and O–H groups in total. The lowest BCUT2D eigenvalue weighted by Gasteiger charge is -2.53. The van der Waals surface area contributed by atoms with Crippen molar-refractivity contribution in [3.05, 3.63) is 40.7 Å². The van der Waals surface area contributed by atoms with Crippen LogP contribution in [0.2, 0.25) is 0 Å². The maximum atomic E-state index is 16.0. The number of aromatic hydroxyl groups is 1. The van der Waals surface area contributed by atoms with Gasteiger partial charge in [0.2, 0.25) is 5.91 Å². The van der Waals surface area contributed by atoms with Gasteiger partial charge in [0, 0.05) is 28.8 Å². The molecule has 41 heavy (non-hydrogen) atoms. The summed E-state index contributed by atoms with van der Waals surface area (Å²) in [5.41, 5.74) is 2.48. The number of fused-ring (bicyclic) bond motifs is 4. The highest BCUT2D eigenvalue weighted by Crippen LogP contribution is 2.52. The highest BCUT2D eigenvalue weighted by Gasteiger charge is 2.67. The number of phenolic OH excluding ortho intramolecular Hbond substituents is 1. The summed E-state index contributed by atoms with van der Waals surface area (Å²) in [4.78, 5) is 56.9. The average Bonchev–Trinajstić information content (AvgIpc) is 2.89. The number of carbonyl (C=O) groups is 4. The number of rotatable bonds is 6. The number of halogens is 1. The summed E-state index contributed by atoms with van der Waals surface area (Å²) in [6.45, 7) is 3.43. The molecular weight excluding hydrogens is 531 g/mol. The molecule has 2 aromatic carbocycles. The minimum Gasteiger partial charge on any atom is -0.507 e. The lowest BCUT2D eigenvalue weighted by molar-refractivity contribution is -0.157. The van der Waals surface area contributed by atoms with Crippen molar-refractivity contribution in [2.75, 3.05) is 27.7 Å². The molecule has 0 heterocycles. The van der Waals surface area contributed by atoms with Gasteiger partial charge < -0.3 is 26.3 Å². The second-order valence-corrected chi connectivity index (χ2v) is 12.0. The number of ketones is 3. The third kappa shape index (κ3) is 4.12. The van der Waals surface area contributed by atoms with Crippen LogP contribution in [0.4, 0.5) is 4.39 Å². The van der Waals surface area contributed by atoms with Crippen molar-refractivity contribution in [2.45, 2.75) is 44.4 Å². The molecule has 0 aliphatic heterocycles. The van der Waals surface area contributed by atoms with Crippen molar-refractivity contribution >= 4 is 39.7 Å². The molecule has 1 amide bonds. The highest BCUT2D eigenvalue weighted by atomic mass is 19.1. The molecule has 2 aromatic rings. The summed E-state index contributed by atoms with van der Waals surface area (Å²) in [5.74, 6) is -10.1. The van der Waals surface area contributed by atoms with E-state index in [9.17, 15) is 29.4 Å². The number of nitrogens with one attached hydrogen (secondary N) is 1. The minimum absolute atomic E-state index is 0.0102. The van der Waals surface area contributed by atoms with E-state index in [1.807, 2.05) is 7.05 Å². The first-order valence-corrected chi connectivity index (χ1v) is 13.8. The van der Waals surface area contributed by atoms with Crippen molar-refractivity contribution < 1.29 is 33.8 Å². The topological polar surface area (TPSA) is 165 Å². The van der Waals surface area contributed by atoms with Crippen LogP contribution in [0, 0.1) is 34.9 Å². The standard InChI is InChI=1S/C30H35FN4O6/c1-5-8-35(4)12-13-6-7-15-16(9-13)24(36)20-17(22(15)31)10-14-11-18-23(34(2)3)26(38)21(29(33)40)27(32)30(18,41)28(39)19(14)25(20)37/h6-7,9,14,18-19,21,23,32,36,41H,5,8,10-12H2,1-4H3,(H2,33,40). The molecule has 6 unspecified atom stereocenters. The van der Waals surface area contributed by atoms with Crippen LogP contribution in [0.5, 0.6) is 5.75 Å². The van der Waals surface area contributed by atoms with Crippen molar-refractivity contribution in [3.8, 4) is 5.75 Å². The second-order valence-electron chi connectivity index (χ2n) is 12.0. The molecule has 0 spiro atoms. The number of nitrogens with zero attached hydrogens (tertiary/aromatic N) is 2. The molecule has 6 atom stereocenters. The quantitative estimate of drug-likeness (QED) is 0.382. The average molecular weight is 567 g/mol. The van der Waals surface area contributed by atoms with Crippen LogP contribution < -0.4 is 5.73 Å². The number of hydrogen-bond acceptors (Lipinski definition) is 9. The Balaban J connectivity index is 1.63. The van der Waals surface area contributed by atoms with Gasteiger partial charge in [0.25, 0.3) is 0 Å². The van der Waals surface area contributed by atoms with Crippen LogP contribution in [-0.2, 0) is 27.3 Å². The van der Waals surface area contributed by atoms with Gasteiger partial charge in [-0.25, -0.2) is 4.39 Å². The molecular formula is C30H35FN4O6. The van der Waals surface area contributed by atoms with Crippen molar-refractivity contribution in [3.63, 3.8) is 0 Å². The van der Waals surface area contributed by atoms with E-state index in [0.717, 1.165) is 18.5 Å². The molecule has 11 heteroatoms. The van der Waals surface area contributed by atoms with Crippen LogP contribution >= 0.6 is 0 Å². The zero-order valence-electron chi connectivity index (χ0n) is 23.5. The third-order valence-electron chi connectivity index (χ3n) is 9.15. The third-order valence-corrected chi connectivity index (χ3v) is 9.15. The monoisotopic (exact) mass is 566 g/mol. The molecule has 2 saturated carbocycles. The van der Waals surface area contributed by atoms with Gasteiger partial charge in [-0.15, -0.1) is 0 Å². The van der Waals surface area contributed by atoms with E-state index in [-0.39, 0.29) is 34.7 Å². The number of Topliss-reactive ketones (excluding diaryl/α,β-unsaturated/α-hetero) is 3. The fourth-order valence-corrected chi connectivity index (χ4v) is 7.39. The lowest BCUT2D eigenvalue weighted by atomic mass is 9.52. The fourth-order valence-electron chi connectivity index (χ4n) is 7.39. The van der Waals surface area contributed by atoms with E-state index in [4.69, 9.17) is 11.1 Å². The maximum Gasteiger partial charge on any atom is 0.233 e. The number of carbonyl (C=O) groups excluding carboxylic acids is 4. The summed E-state index contributed by atoms with van der Waals surface area (Å²) < 4.78 is 16.0. The van der Waals surface area contributed by atoms with Crippen LogP contribution in [0.1, 0.15) is 41.3 Å². The van der Waals surface area contributed by atoms with Crippen molar-refractivity contribution in [1.29, 1.82) is 5.41 Å². The van der Waals surface area contributed by atoms with E-state index < -0.39 is 75.8 Å². The highest BCUT2D eigenvalue weighted by molar-refractivity contribution is 6.33. The number of aliphatic hydroxyl groups is 1. The summed E-state index contributed by atoms with van der Waals surface area (Å²) in [5, 5.41) is 32.0. The summed E-state index contributed by atoms with van der Waals surface area (Å²) in [7, 11) is 5.04. The van der Waals surface area contributed by atoms with Gasteiger partial charge in [-0.1, -0.05) is 19.1 Å². The summed E-state index contributed by atoms with van der Waals surface area (Å²) in [6.07, 6.45) is 0.805. The van der Waals surface area contributed by atoms with E-state index in [1.165, 1.54) is 4.90 Å². The molecule has 0 bridgehead atoms. The fraction of sp³-hybridized carbons (Fsp3) is 0.500. The predicted molar refractivity (Wildman–Crippen MR) is 148 cm³/mol. The van der Waals surface area contributed by atoms with E-state index in [0.29, 0.717) is 6.54 Å². The Kier molecular flexibility index (Phi) is 7.12. The first-order chi connectivity index (χ1) is 19.2. The molecule has 2 fully saturated rings. The number of amides is 1. The number of likely N-dealkylation sites (N-methyl/N-ethyl adjacent to an activating group) is 1. The first kappa shape index (κ1) is 29.0. The van der Waals surface area contributed by atoms with Crippen LogP contribution in [0.15, 0.2) is 18.2 Å². The van der Waals surface area contributed by atoms with E-state index >= 15 is 4.39 Å². The Hall–Kier alpha value is -3.54. The van der Waals surface area contributed by atoms with E-state index in [2.05, 4.69) is 11.8 Å². The Labute approximate surface area is 236 Å². The Morgan fingerprint density at radius 3 is 2.49 bits per heavy atom. The maximum absolute atomic E-state index is 16.0. The second kappa shape index (κ2) is 10.1. The smallest absolute Gasteiger partial charge is 0.233 e. The number of benzene rings is 2. The number of phenols is 1. The van der Waals surface area contributed by atoms with Crippen LogP contribution in [0.25, 0.3) is 10.8 Å². The van der Waals surface area contributed by atoms with Crippen molar-refractivity contribution in [2.24, 2.45) is 29.4 Å². The lowest BCUT2D eigenvalue weighted by Crippen LogP contribution is -2.73. The van der Waals surface area contributed by atoms with Gasteiger partial charge in [0.1, 0.15) is 17.5 Å². The molecule has 0 aromatic heterocycles. The van der Waals surface area contributed by atoms with Crippen LogP contribution in [-0.4, -0.2) is 88.3 Å². The van der Waals surface area contributed by atoms with Gasteiger partial charge >= 0.3 is 0 Å². The zero-order chi connectivity index (χ0) is 30.1. The summed E-state index contributed by atoms with van der Waals surface area (Å²) in [6, 6.07) is 3.85. The molecule has 3 aliphatic rings. The number of nitrogens with two attached hydrogens (primary N) is 1. The number of primary amides is 1. The van der Waals surface area contributed by atoms with Gasteiger partial charge in [0.15, 0.2) is 23.0 Å². The molecule has 0 radical (unpaired) electrons. The van der Waals surface area contributed by atoms with E-state index in [1.54, 1.807) is 32.3 Å². The largest absolute Gasteiger partial charge is 0.507 e. The van der Waals surface area contributed by atoms with Gasteiger partial charge in [-0.3, -0.25) is 24.1 Å². The molecule has 10 nitrogen and oxygen atoms in total. The molecule has 5 rings (SSSR count). The Morgan fingerprint density at radius 1 is 1.20 bits per heavy atom. The summed E-state index contributed by atoms with van der Waals surface area (Å²) >= 11 is 0. The van der Waals surface area contributed by atoms with Gasteiger partial charge in [0.05, 0.1) is 23.2 Å². The zero-order valence-corrected chi connectivity index (χ0v) is 23.5. The van der Waals surface area contributed by atoms with Gasteiger partial charge in [-0.2, -0.15) is 0 Å². The number of hydrogen-bond donors (Lipinski definition) is 4. The van der Waals surface area contributed by atoms with Crippen LogP contribution in [0.3, 0.4) is 0 Å². The molecule has 218 valence electrons. The first-order valence-electron chi connectivity index (χ1n) is 13.8. The normalized spacial score (nSPS) is 29.6. The molecule has 3 aliphatic carbocycles. The molecule has 0 saturated heterocycles. The Morgan fingerprint density at radius 2 is 1.88 bits per heavy atom. The minimum atomic E-state index is -2.60. The SMILES string of the molecule is CCCN(C)Cc1ccc2c(F)c3c(c(O)c2c1)C(=O)C1C(=O)C2(O)C(=N)C(C(N)=O)C(=O)C(N(C)C)C2CC1C3. The van der Waals surface area contributed by atoms with Crippen molar-refractivity contribution in [1.82, 2.24) is 9.80 Å². The Bertz CT molecular complexity index is 1520. The van der Waals surface area contributed by atoms with Gasteiger partial charge in [-0.05, 0) is 64.5 Å².